The molecule has 2 aromatic rings. The van der Waals surface area contributed by atoms with Crippen LogP contribution >= 0.6 is 11.3 Å². The van der Waals surface area contributed by atoms with Crippen molar-refractivity contribution >= 4 is 11.3 Å². The number of aromatic nitrogens is 2. The topological polar surface area (TPSA) is 29.9 Å². The number of hydrogen-bond donors (Lipinski definition) is 1. The Balaban J connectivity index is 2.08. The van der Waals surface area contributed by atoms with Crippen LogP contribution in [-0.2, 0) is 25.8 Å². The van der Waals surface area contributed by atoms with Crippen molar-refractivity contribution in [2.24, 2.45) is 0 Å². The Kier molecular flexibility index (Phi) is 5.80. The highest BCUT2D eigenvalue weighted by Gasteiger charge is 2.14. The summed E-state index contributed by atoms with van der Waals surface area (Å²) < 4.78 is 2.15. The molecule has 0 fully saturated rings. The van der Waals surface area contributed by atoms with E-state index in [0.717, 1.165) is 32.4 Å². The predicted octanol–water partition coefficient (Wildman–Crippen LogP) is 3.29. The third-order valence-corrected chi connectivity index (χ3v) is 4.32. The summed E-state index contributed by atoms with van der Waals surface area (Å²) in [5, 5.41) is 12.7. The van der Waals surface area contributed by atoms with Crippen LogP contribution in [0.3, 0.4) is 0 Å². The summed E-state index contributed by atoms with van der Waals surface area (Å²) in [6, 6.07) is 4.98. The molecule has 0 radical (unpaired) electrons. The summed E-state index contributed by atoms with van der Waals surface area (Å²) in [5.41, 5.74) is 3.98. The Hall–Kier alpha value is -1.13. The second kappa shape index (κ2) is 7.60. The Morgan fingerprint density at radius 2 is 2.15 bits per heavy atom. The Labute approximate surface area is 126 Å². The van der Waals surface area contributed by atoms with Crippen LogP contribution in [0.15, 0.2) is 22.9 Å². The van der Waals surface area contributed by atoms with Crippen LogP contribution in [0.4, 0.5) is 0 Å². The highest BCUT2D eigenvalue weighted by atomic mass is 32.1. The van der Waals surface area contributed by atoms with Crippen LogP contribution in [0, 0.1) is 0 Å². The molecule has 1 atom stereocenters. The van der Waals surface area contributed by atoms with Gasteiger partial charge in [0.15, 0.2) is 0 Å². The summed E-state index contributed by atoms with van der Waals surface area (Å²) in [5.74, 6) is 0. The van der Waals surface area contributed by atoms with Gasteiger partial charge in [0.2, 0.25) is 0 Å². The first kappa shape index (κ1) is 15.3. The zero-order valence-electron chi connectivity index (χ0n) is 12.7. The van der Waals surface area contributed by atoms with Crippen molar-refractivity contribution in [2.75, 3.05) is 6.54 Å². The van der Waals surface area contributed by atoms with Gasteiger partial charge in [-0.3, -0.25) is 4.68 Å². The first-order chi connectivity index (χ1) is 9.76. The Bertz CT molecular complexity index is 502. The second-order valence-corrected chi connectivity index (χ2v) is 5.87. The number of likely N-dealkylation sites (N-methyl/N-ethyl adjacent to an activating group) is 1. The largest absolute Gasteiger partial charge is 0.314 e. The van der Waals surface area contributed by atoms with Gasteiger partial charge in [0.05, 0.1) is 5.69 Å². The molecule has 0 saturated heterocycles. The molecule has 0 bridgehead atoms. The lowest BCUT2D eigenvalue weighted by molar-refractivity contribution is 0.496. The molecule has 0 aliphatic rings. The zero-order chi connectivity index (χ0) is 14.4. The van der Waals surface area contributed by atoms with Crippen molar-refractivity contribution in [2.45, 2.75) is 52.6 Å². The fourth-order valence-corrected chi connectivity index (χ4v) is 3.26. The lowest BCUT2D eigenvalue weighted by Gasteiger charge is -2.17. The van der Waals surface area contributed by atoms with Crippen molar-refractivity contribution in [1.82, 2.24) is 15.1 Å². The predicted molar refractivity (Wildman–Crippen MR) is 86.5 cm³/mol. The van der Waals surface area contributed by atoms with Gasteiger partial charge in [-0.15, -0.1) is 0 Å². The molecule has 20 heavy (non-hydrogen) atoms. The van der Waals surface area contributed by atoms with Crippen molar-refractivity contribution in [3.63, 3.8) is 0 Å². The highest BCUT2D eigenvalue weighted by molar-refractivity contribution is 7.07. The number of nitrogens with zero attached hydrogens (tertiary/aromatic N) is 2. The van der Waals surface area contributed by atoms with E-state index in [1.165, 1.54) is 17.0 Å². The van der Waals surface area contributed by atoms with Gasteiger partial charge in [0.25, 0.3) is 0 Å². The van der Waals surface area contributed by atoms with Crippen LogP contribution in [0.2, 0.25) is 0 Å². The number of nitrogens with one attached hydrogen (secondary N) is 1. The maximum Gasteiger partial charge on any atom is 0.0624 e. The first-order valence-electron chi connectivity index (χ1n) is 7.56. The number of thiophene rings is 1. The standard InChI is InChI=1S/C16H25N3S/c1-4-14-10-16(19(6-3)18-14)11-15(17-5-2)9-13-7-8-20-12-13/h7-8,10,12,15,17H,4-6,9,11H2,1-3H3. The minimum atomic E-state index is 0.487. The van der Waals surface area contributed by atoms with Crippen LogP contribution in [0.1, 0.15) is 37.7 Å². The summed E-state index contributed by atoms with van der Waals surface area (Å²) in [7, 11) is 0. The number of rotatable bonds is 8. The normalized spacial score (nSPS) is 12.8. The minimum Gasteiger partial charge on any atom is -0.314 e. The van der Waals surface area contributed by atoms with Crippen molar-refractivity contribution in [3.8, 4) is 0 Å². The molecular weight excluding hydrogens is 266 g/mol. The van der Waals surface area contributed by atoms with Gasteiger partial charge in [-0.1, -0.05) is 13.8 Å². The molecule has 1 unspecified atom stereocenters. The lowest BCUT2D eigenvalue weighted by Crippen LogP contribution is -2.33. The fourth-order valence-electron chi connectivity index (χ4n) is 2.58. The molecule has 0 aliphatic heterocycles. The SMILES string of the molecule is CCNC(Cc1ccsc1)Cc1cc(CC)nn1CC. The van der Waals surface area contributed by atoms with Gasteiger partial charge in [-0.2, -0.15) is 16.4 Å². The quantitative estimate of drug-likeness (QED) is 0.809. The van der Waals surface area contributed by atoms with E-state index in [1.807, 2.05) is 0 Å². The van der Waals surface area contributed by atoms with Gasteiger partial charge >= 0.3 is 0 Å². The molecule has 3 nitrogen and oxygen atoms in total. The zero-order valence-corrected chi connectivity index (χ0v) is 13.5. The number of aryl methyl sites for hydroxylation is 2. The van der Waals surface area contributed by atoms with Crippen molar-refractivity contribution in [3.05, 3.63) is 39.8 Å². The molecular formula is C16H25N3S. The van der Waals surface area contributed by atoms with E-state index in [0.29, 0.717) is 6.04 Å². The molecule has 110 valence electrons. The van der Waals surface area contributed by atoms with Crippen molar-refractivity contribution in [1.29, 1.82) is 0 Å². The third kappa shape index (κ3) is 3.93. The Morgan fingerprint density at radius 1 is 1.30 bits per heavy atom. The fraction of sp³-hybridized carbons (Fsp3) is 0.562. The van der Waals surface area contributed by atoms with Crippen molar-refractivity contribution < 1.29 is 0 Å². The second-order valence-electron chi connectivity index (χ2n) is 5.09. The Morgan fingerprint density at radius 3 is 2.75 bits per heavy atom. The molecule has 0 amide bonds. The van der Waals surface area contributed by atoms with Gasteiger partial charge in [0, 0.05) is 24.7 Å². The lowest BCUT2D eigenvalue weighted by atomic mass is 10.0. The van der Waals surface area contributed by atoms with E-state index < -0.39 is 0 Å². The first-order valence-corrected chi connectivity index (χ1v) is 8.51. The third-order valence-electron chi connectivity index (χ3n) is 3.59. The van der Waals surface area contributed by atoms with E-state index in [4.69, 9.17) is 0 Å². The van der Waals surface area contributed by atoms with Gasteiger partial charge in [-0.05, 0) is 54.8 Å². The summed E-state index contributed by atoms with van der Waals surface area (Å²) in [4.78, 5) is 0. The van der Waals surface area contributed by atoms with E-state index in [-0.39, 0.29) is 0 Å². The molecule has 0 spiro atoms. The maximum absolute atomic E-state index is 4.65. The minimum absolute atomic E-state index is 0.487. The van der Waals surface area contributed by atoms with Gasteiger partial charge < -0.3 is 5.32 Å². The van der Waals surface area contributed by atoms with Gasteiger partial charge in [0.1, 0.15) is 0 Å². The molecule has 2 heterocycles. The summed E-state index contributed by atoms with van der Waals surface area (Å²) in [6.07, 6.45) is 3.15. The molecule has 0 aliphatic carbocycles. The van der Waals surface area contributed by atoms with Crippen LogP contribution in [-0.4, -0.2) is 22.4 Å². The molecule has 4 heteroatoms. The monoisotopic (exact) mass is 291 g/mol. The molecule has 0 aromatic carbocycles. The van der Waals surface area contributed by atoms with E-state index in [2.05, 4.69) is 58.8 Å². The van der Waals surface area contributed by atoms with E-state index >= 15 is 0 Å². The van der Waals surface area contributed by atoms with Crippen LogP contribution in [0.25, 0.3) is 0 Å². The van der Waals surface area contributed by atoms with Crippen LogP contribution < -0.4 is 5.32 Å². The van der Waals surface area contributed by atoms with E-state index in [9.17, 15) is 0 Å². The smallest absolute Gasteiger partial charge is 0.0624 e. The summed E-state index contributed by atoms with van der Waals surface area (Å²) >= 11 is 1.78. The number of hydrogen-bond acceptors (Lipinski definition) is 3. The molecule has 2 rings (SSSR count). The molecule has 1 N–H and O–H groups in total. The molecule has 0 saturated carbocycles. The average Bonchev–Trinajstić information content (AvgIpc) is 3.08. The van der Waals surface area contributed by atoms with Gasteiger partial charge in [-0.25, -0.2) is 0 Å². The average molecular weight is 291 g/mol. The van der Waals surface area contributed by atoms with E-state index in [1.54, 1.807) is 11.3 Å². The highest BCUT2D eigenvalue weighted by Crippen LogP contribution is 2.14. The maximum atomic E-state index is 4.65. The summed E-state index contributed by atoms with van der Waals surface area (Å²) in [6.45, 7) is 8.47. The molecule has 2 aromatic heterocycles. The van der Waals surface area contributed by atoms with Crippen LogP contribution in [0.5, 0.6) is 0 Å².